The maximum Gasteiger partial charge on any atom is 0.338 e. The van der Waals surface area contributed by atoms with Crippen LogP contribution in [0.1, 0.15) is 42.1 Å². The molecular weight excluding hydrogens is 290 g/mol. The average molecular weight is 311 g/mol. The van der Waals surface area contributed by atoms with Crippen LogP contribution in [0.3, 0.4) is 0 Å². The first-order valence-corrected chi connectivity index (χ1v) is 7.78. The molecule has 2 aromatic carbocycles. The summed E-state index contributed by atoms with van der Waals surface area (Å²) in [6.45, 7) is 4.06. The number of ether oxygens (including phenoxy) is 1. The Labute approximate surface area is 136 Å². The fourth-order valence-corrected chi connectivity index (χ4v) is 2.43. The highest BCUT2D eigenvalue weighted by atomic mass is 16.5. The third-order valence-corrected chi connectivity index (χ3v) is 3.57. The molecule has 0 spiro atoms. The maximum atomic E-state index is 12.5. The minimum atomic E-state index is -0.390. The Morgan fingerprint density at radius 1 is 1.04 bits per heavy atom. The molecule has 2 aromatic rings. The number of esters is 1. The summed E-state index contributed by atoms with van der Waals surface area (Å²) in [7, 11) is 0. The number of benzene rings is 2. The topological polar surface area (TPSA) is 55.4 Å². The van der Waals surface area contributed by atoms with Gasteiger partial charge in [-0.05, 0) is 37.1 Å². The lowest BCUT2D eigenvalue weighted by atomic mass is 9.95. The Morgan fingerprint density at radius 2 is 1.78 bits per heavy atom. The highest BCUT2D eigenvalue weighted by molar-refractivity contribution is 5.97. The maximum absolute atomic E-state index is 12.5. The number of hydrogen-bond donors (Lipinski definition) is 1. The molecule has 0 aliphatic carbocycles. The van der Waals surface area contributed by atoms with Crippen molar-refractivity contribution in [3.05, 3.63) is 65.7 Å². The molecule has 0 unspecified atom stereocenters. The van der Waals surface area contributed by atoms with Crippen molar-refractivity contribution >= 4 is 17.6 Å². The molecule has 0 bridgehead atoms. The van der Waals surface area contributed by atoms with Crippen LogP contribution >= 0.6 is 0 Å². The second-order valence-corrected chi connectivity index (χ2v) is 5.16. The number of amides is 1. The molecule has 120 valence electrons. The molecule has 4 nitrogen and oxygen atoms in total. The number of carbonyl (C=O) groups is 2. The van der Waals surface area contributed by atoms with Crippen molar-refractivity contribution in [1.82, 2.24) is 0 Å². The minimum Gasteiger partial charge on any atom is -0.462 e. The summed E-state index contributed by atoms with van der Waals surface area (Å²) in [6, 6.07) is 16.5. The first-order chi connectivity index (χ1) is 11.2. The standard InChI is InChI=1S/C19H21NO3/c1-3-17(14-9-6-5-7-10-14)18(21)20-16-12-8-11-15(13-16)19(22)23-4-2/h5-13,17H,3-4H2,1-2H3,(H,20,21)/t17-/m0/s1. The van der Waals surface area contributed by atoms with Crippen LogP contribution in [-0.2, 0) is 9.53 Å². The zero-order valence-corrected chi connectivity index (χ0v) is 13.4. The summed E-state index contributed by atoms with van der Waals surface area (Å²) < 4.78 is 4.97. The van der Waals surface area contributed by atoms with Gasteiger partial charge in [-0.3, -0.25) is 4.79 Å². The highest BCUT2D eigenvalue weighted by Crippen LogP contribution is 2.22. The van der Waals surface area contributed by atoms with Gasteiger partial charge in [0.15, 0.2) is 0 Å². The molecule has 0 aromatic heterocycles. The monoisotopic (exact) mass is 311 g/mol. The summed E-state index contributed by atoms with van der Waals surface area (Å²) in [5.41, 5.74) is 2.00. The van der Waals surface area contributed by atoms with E-state index < -0.39 is 5.97 Å². The third-order valence-electron chi connectivity index (χ3n) is 3.57. The molecular formula is C19H21NO3. The van der Waals surface area contributed by atoms with Gasteiger partial charge in [-0.1, -0.05) is 43.3 Å². The van der Waals surface area contributed by atoms with Crippen LogP contribution in [0.2, 0.25) is 0 Å². The van der Waals surface area contributed by atoms with Crippen LogP contribution in [-0.4, -0.2) is 18.5 Å². The van der Waals surface area contributed by atoms with Crippen molar-refractivity contribution in [2.24, 2.45) is 0 Å². The molecule has 0 radical (unpaired) electrons. The largest absolute Gasteiger partial charge is 0.462 e. The Kier molecular flexibility index (Phi) is 5.92. The molecule has 0 saturated heterocycles. The summed E-state index contributed by atoms with van der Waals surface area (Å²) in [4.78, 5) is 24.3. The lowest BCUT2D eigenvalue weighted by Gasteiger charge is -2.15. The van der Waals surface area contributed by atoms with E-state index in [4.69, 9.17) is 4.74 Å². The van der Waals surface area contributed by atoms with Gasteiger partial charge in [-0.15, -0.1) is 0 Å². The first-order valence-electron chi connectivity index (χ1n) is 7.78. The van der Waals surface area contributed by atoms with Gasteiger partial charge in [0.25, 0.3) is 0 Å². The van der Waals surface area contributed by atoms with E-state index in [-0.39, 0.29) is 11.8 Å². The van der Waals surface area contributed by atoms with Crippen molar-refractivity contribution < 1.29 is 14.3 Å². The molecule has 1 N–H and O–H groups in total. The quantitative estimate of drug-likeness (QED) is 0.821. The van der Waals surface area contributed by atoms with Crippen LogP contribution in [0, 0.1) is 0 Å². The number of carbonyl (C=O) groups excluding carboxylic acids is 2. The zero-order valence-electron chi connectivity index (χ0n) is 13.4. The van der Waals surface area contributed by atoms with E-state index in [2.05, 4.69) is 5.32 Å². The fraction of sp³-hybridized carbons (Fsp3) is 0.263. The molecule has 2 rings (SSSR count). The summed E-state index contributed by atoms with van der Waals surface area (Å²) in [5, 5.41) is 2.88. The second-order valence-electron chi connectivity index (χ2n) is 5.16. The molecule has 1 atom stereocenters. The highest BCUT2D eigenvalue weighted by Gasteiger charge is 2.18. The van der Waals surface area contributed by atoms with Crippen LogP contribution in [0.5, 0.6) is 0 Å². The minimum absolute atomic E-state index is 0.0836. The SMILES string of the molecule is CCOC(=O)c1cccc(NC(=O)[C@@H](CC)c2ccccc2)c1. The molecule has 1 amide bonds. The van der Waals surface area contributed by atoms with Gasteiger partial charge in [-0.25, -0.2) is 4.79 Å². The van der Waals surface area contributed by atoms with E-state index in [1.54, 1.807) is 31.2 Å². The number of nitrogens with one attached hydrogen (secondary N) is 1. The normalized spacial score (nSPS) is 11.6. The van der Waals surface area contributed by atoms with Gasteiger partial charge in [-0.2, -0.15) is 0 Å². The molecule has 0 aliphatic heterocycles. The summed E-state index contributed by atoms with van der Waals surface area (Å²) in [6.07, 6.45) is 0.702. The van der Waals surface area contributed by atoms with Gasteiger partial charge in [0.2, 0.25) is 5.91 Å². The van der Waals surface area contributed by atoms with Crippen LogP contribution in [0.25, 0.3) is 0 Å². The molecule has 0 fully saturated rings. The first kappa shape index (κ1) is 16.7. The van der Waals surface area contributed by atoms with Crippen molar-refractivity contribution in [2.45, 2.75) is 26.2 Å². The molecule has 4 heteroatoms. The third kappa shape index (κ3) is 4.42. The van der Waals surface area contributed by atoms with Crippen molar-refractivity contribution in [3.63, 3.8) is 0 Å². The molecule has 0 heterocycles. The van der Waals surface area contributed by atoms with E-state index in [9.17, 15) is 9.59 Å². The number of anilines is 1. The van der Waals surface area contributed by atoms with E-state index >= 15 is 0 Å². The van der Waals surface area contributed by atoms with E-state index in [0.717, 1.165) is 5.56 Å². The summed E-state index contributed by atoms with van der Waals surface area (Å²) >= 11 is 0. The Balaban J connectivity index is 2.13. The van der Waals surface area contributed by atoms with Crippen LogP contribution < -0.4 is 5.32 Å². The van der Waals surface area contributed by atoms with Gasteiger partial charge < -0.3 is 10.1 Å². The van der Waals surface area contributed by atoms with Crippen LogP contribution in [0.4, 0.5) is 5.69 Å². The summed E-state index contributed by atoms with van der Waals surface area (Å²) in [5.74, 6) is -0.694. The smallest absolute Gasteiger partial charge is 0.338 e. The second kappa shape index (κ2) is 8.13. The molecule has 0 aliphatic rings. The zero-order chi connectivity index (χ0) is 16.7. The fourth-order valence-electron chi connectivity index (χ4n) is 2.43. The van der Waals surface area contributed by atoms with E-state index in [0.29, 0.717) is 24.3 Å². The van der Waals surface area contributed by atoms with E-state index in [1.807, 2.05) is 37.3 Å². The van der Waals surface area contributed by atoms with Gasteiger partial charge >= 0.3 is 5.97 Å². The number of hydrogen-bond acceptors (Lipinski definition) is 3. The van der Waals surface area contributed by atoms with Crippen LogP contribution in [0.15, 0.2) is 54.6 Å². The number of rotatable bonds is 6. The van der Waals surface area contributed by atoms with Crippen molar-refractivity contribution in [3.8, 4) is 0 Å². The van der Waals surface area contributed by atoms with Crippen molar-refractivity contribution in [2.75, 3.05) is 11.9 Å². The lowest BCUT2D eigenvalue weighted by Crippen LogP contribution is -2.20. The van der Waals surface area contributed by atoms with Gasteiger partial charge in [0, 0.05) is 5.69 Å². The Hall–Kier alpha value is -2.62. The Morgan fingerprint density at radius 3 is 2.43 bits per heavy atom. The van der Waals surface area contributed by atoms with E-state index in [1.165, 1.54) is 0 Å². The average Bonchev–Trinajstić information content (AvgIpc) is 2.57. The molecule has 23 heavy (non-hydrogen) atoms. The predicted molar refractivity (Wildman–Crippen MR) is 90.5 cm³/mol. The lowest BCUT2D eigenvalue weighted by molar-refractivity contribution is -0.117. The Bertz CT molecular complexity index is 667. The van der Waals surface area contributed by atoms with Gasteiger partial charge in [0.05, 0.1) is 18.1 Å². The predicted octanol–water partition coefficient (Wildman–Crippen LogP) is 4.00. The molecule has 0 saturated carbocycles. The van der Waals surface area contributed by atoms with Gasteiger partial charge in [0.1, 0.15) is 0 Å². The van der Waals surface area contributed by atoms with Crippen molar-refractivity contribution in [1.29, 1.82) is 0 Å².